The van der Waals surface area contributed by atoms with Crippen LogP contribution >= 0.6 is 23.2 Å². The number of piperazine rings is 1. The van der Waals surface area contributed by atoms with E-state index in [0.717, 1.165) is 35.7 Å². The van der Waals surface area contributed by atoms with Crippen LogP contribution in [0.15, 0.2) is 48.5 Å². The minimum absolute atomic E-state index is 0.352. The van der Waals surface area contributed by atoms with Crippen LogP contribution in [0.25, 0.3) is 22.6 Å². The van der Waals surface area contributed by atoms with Gasteiger partial charge in [0.05, 0.1) is 5.02 Å². The molecule has 28 heavy (non-hydrogen) atoms. The maximum atomic E-state index is 6.39. The fraction of sp³-hybridized carbons (Fsp3) is 0.286. The molecule has 4 rings (SSSR count). The van der Waals surface area contributed by atoms with Crippen LogP contribution in [0.3, 0.4) is 0 Å². The third-order valence-corrected chi connectivity index (χ3v) is 5.29. The number of hydrogen-bond donors (Lipinski definition) is 1. The van der Waals surface area contributed by atoms with Gasteiger partial charge in [-0.3, -0.25) is 0 Å². The van der Waals surface area contributed by atoms with Crippen LogP contribution in [0.1, 0.15) is 13.8 Å². The highest BCUT2D eigenvalue weighted by atomic mass is 35.5. The van der Waals surface area contributed by atoms with Gasteiger partial charge >= 0.3 is 0 Å². The molecule has 1 N–H and O–H groups in total. The molecule has 2 unspecified atom stereocenters. The molecule has 1 aliphatic rings. The molecule has 0 radical (unpaired) electrons. The SMILES string of the molecule is CC1CN(c2nc(-c3ccc(Cl)cc3Cl)nnc2-c2ccccc2)CC(C)N1. The molecule has 3 aromatic rings. The normalized spacial score (nSPS) is 19.6. The highest BCUT2D eigenvalue weighted by Crippen LogP contribution is 2.32. The molecule has 1 aromatic heterocycles. The Morgan fingerprint density at radius 2 is 1.68 bits per heavy atom. The molecule has 1 saturated heterocycles. The lowest BCUT2D eigenvalue weighted by atomic mass is 10.1. The fourth-order valence-corrected chi connectivity index (χ4v) is 4.10. The lowest BCUT2D eigenvalue weighted by molar-refractivity contribution is 0.405. The third kappa shape index (κ3) is 3.97. The van der Waals surface area contributed by atoms with E-state index in [1.807, 2.05) is 36.4 Å². The van der Waals surface area contributed by atoms with Crippen molar-refractivity contribution >= 4 is 29.0 Å². The number of nitrogens with zero attached hydrogens (tertiary/aromatic N) is 4. The van der Waals surface area contributed by atoms with Crippen LogP contribution < -0.4 is 10.2 Å². The summed E-state index contributed by atoms with van der Waals surface area (Å²) in [4.78, 5) is 7.17. The smallest absolute Gasteiger partial charge is 0.185 e. The molecule has 5 nitrogen and oxygen atoms in total. The molecule has 0 saturated carbocycles. The Kier molecular flexibility index (Phi) is 5.49. The molecule has 0 spiro atoms. The van der Waals surface area contributed by atoms with Gasteiger partial charge in [0, 0.05) is 41.3 Å². The highest BCUT2D eigenvalue weighted by Gasteiger charge is 2.26. The topological polar surface area (TPSA) is 53.9 Å². The fourth-order valence-electron chi connectivity index (χ4n) is 3.61. The van der Waals surface area contributed by atoms with Crippen molar-refractivity contribution in [1.29, 1.82) is 0 Å². The first-order chi connectivity index (χ1) is 13.5. The summed E-state index contributed by atoms with van der Waals surface area (Å²) < 4.78 is 0. The van der Waals surface area contributed by atoms with Crippen molar-refractivity contribution in [3.63, 3.8) is 0 Å². The van der Waals surface area contributed by atoms with E-state index in [0.29, 0.717) is 28.0 Å². The van der Waals surface area contributed by atoms with Crippen LogP contribution in [-0.4, -0.2) is 40.4 Å². The molecule has 0 amide bonds. The first kappa shape index (κ1) is 19.1. The molecule has 0 bridgehead atoms. The molecule has 2 aromatic carbocycles. The van der Waals surface area contributed by atoms with Crippen LogP contribution in [0.2, 0.25) is 10.0 Å². The van der Waals surface area contributed by atoms with Crippen molar-refractivity contribution in [2.75, 3.05) is 18.0 Å². The molecular formula is C21H21Cl2N5. The number of hydrogen-bond acceptors (Lipinski definition) is 5. The van der Waals surface area contributed by atoms with E-state index in [1.165, 1.54) is 0 Å². The van der Waals surface area contributed by atoms with Crippen LogP contribution in [0.4, 0.5) is 5.82 Å². The van der Waals surface area contributed by atoms with Gasteiger partial charge in [-0.15, -0.1) is 10.2 Å². The molecule has 0 aliphatic carbocycles. The Bertz CT molecular complexity index is 970. The molecule has 7 heteroatoms. The van der Waals surface area contributed by atoms with Gasteiger partial charge in [0.1, 0.15) is 5.69 Å². The number of anilines is 1. The summed E-state index contributed by atoms with van der Waals surface area (Å²) in [5.41, 5.74) is 2.48. The maximum Gasteiger partial charge on any atom is 0.185 e. The molecule has 2 heterocycles. The van der Waals surface area contributed by atoms with Crippen molar-refractivity contribution in [1.82, 2.24) is 20.5 Å². The summed E-state index contributed by atoms with van der Waals surface area (Å²) in [6.07, 6.45) is 0. The Morgan fingerprint density at radius 1 is 0.964 bits per heavy atom. The number of rotatable bonds is 3. The standard InChI is InChI=1S/C21H21Cl2N5/c1-13-11-28(12-14(2)24-13)21-19(15-6-4-3-5-7-15)26-27-20(25-21)17-9-8-16(22)10-18(17)23/h3-10,13-14,24H,11-12H2,1-2H3. The summed E-state index contributed by atoms with van der Waals surface area (Å²) in [6, 6.07) is 16.0. The minimum atomic E-state index is 0.352. The molecule has 2 atom stereocenters. The van der Waals surface area contributed by atoms with Crippen LogP contribution in [-0.2, 0) is 0 Å². The zero-order valence-electron chi connectivity index (χ0n) is 15.7. The Morgan fingerprint density at radius 3 is 2.36 bits per heavy atom. The predicted octanol–water partition coefficient (Wildman–Crippen LogP) is 4.70. The van der Waals surface area contributed by atoms with Crippen LogP contribution in [0.5, 0.6) is 0 Å². The van der Waals surface area contributed by atoms with Crippen molar-refractivity contribution in [2.24, 2.45) is 0 Å². The van der Waals surface area contributed by atoms with Gasteiger partial charge in [0.25, 0.3) is 0 Å². The van der Waals surface area contributed by atoms with Gasteiger partial charge in [-0.25, -0.2) is 4.98 Å². The number of benzene rings is 2. The third-order valence-electron chi connectivity index (χ3n) is 4.74. The number of halogens is 2. The summed E-state index contributed by atoms with van der Waals surface area (Å²) >= 11 is 12.4. The summed E-state index contributed by atoms with van der Waals surface area (Å²) in [6.45, 7) is 6.04. The lowest BCUT2D eigenvalue weighted by Gasteiger charge is -2.37. The predicted molar refractivity (Wildman–Crippen MR) is 115 cm³/mol. The second kappa shape index (κ2) is 8.03. The van der Waals surface area contributed by atoms with Gasteiger partial charge in [-0.2, -0.15) is 0 Å². The summed E-state index contributed by atoms with van der Waals surface area (Å²) in [5.74, 6) is 1.32. The van der Waals surface area contributed by atoms with E-state index in [1.54, 1.807) is 12.1 Å². The molecule has 1 aliphatic heterocycles. The van der Waals surface area contributed by atoms with Crippen LogP contribution in [0, 0.1) is 0 Å². The van der Waals surface area contributed by atoms with Gasteiger partial charge in [0.15, 0.2) is 11.6 Å². The maximum absolute atomic E-state index is 6.39. The zero-order valence-corrected chi connectivity index (χ0v) is 17.2. The summed E-state index contributed by atoms with van der Waals surface area (Å²) in [5, 5.41) is 13.6. The van der Waals surface area contributed by atoms with Crippen molar-refractivity contribution < 1.29 is 0 Å². The average molecular weight is 414 g/mol. The second-order valence-electron chi connectivity index (χ2n) is 7.17. The monoisotopic (exact) mass is 413 g/mol. The molecule has 1 fully saturated rings. The average Bonchev–Trinajstić information content (AvgIpc) is 2.67. The molecular weight excluding hydrogens is 393 g/mol. The van der Waals surface area contributed by atoms with Gasteiger partial charge in [-0.05, 0) is 32.0 Å². The Labute approximate surface area is 174 Å². The molecule has 144 valence electrons. The first-order valence-electron chi connectivity index (χ1n) is 9.28. The van der Waals surface area contributed by atoms with Gasteiger partial charge in [0.2, 0.25) is 0 Å². The first-order valence-corrected chi connectivity index (χ1v) is 10.0. The quantitative estimate of drug-likeness (QED) is 0.674. The Hall–Kier alpha value is -2.21. The lowest BCUT2D eigenvalue weighted by Crippen LogP contribution is -2.54. The van der Waals surface area contributed by atoms with Gasteiger partial charge < -0.3 is 10.2 Å². The minimum Gasteiger partial charge on any atom is -0.352 e. The largest absolute Gasteiger partial charge is 0.352 e. The van der Waals surface area contributed by atoms with Crippen molar-refractivity contribution in [3.05, 3.63) is 58.6 Å². The van der Waals surface area contributed by atoms with E-state index >= 15 is 0 Å². The highest BCUT2D eigenvalue weighted by molar-refractivity contribution is 6.36. The van der Waals surface area contributed by atoms with E-state index in [9.17, 15) is 0 Å². The zero-order chi connectivity index (χ0) is 19.7. The van der Waals surface area contributed by atoms with E-state index in [4.69, 9.17) is 28.2 Å². The Balaban J connectivity index is 1.84. The van der Waals surface area contributed by atoms with E-state index < -0.39 is 0 Å². The van der Waals surface area contributed by atoms with E-state index in [2.05, 4.69) is 34.3 Å². The van der Waals surface area contributed by atoms with Gasteiger partial charge in [-0.1, -0.05) is 53.5 Å². The van der Waals surface area contributed by atoms with E-state index in [-0.39, 0.29) is 0 Å². The van der Waals surface area contributed by atoms with Crippen molar-refractivity contribution in [3.8, 4) is 22.6 Å². The second-order valence-corrected chi connectivity index (χ2v) is 8.02. The number of nitrogens with one attached hydrogen (secondary N) is 1. The summed E-state index contributed by atoms with van der Waals surface area (Å²) in [7, 11) is 0. The van der Waals surface area contributed by atoms with Crippen molar-refractivity contribution in [2.45, 2.75) is 25.9 Å². The number of aromatic nitrogens is 3.